The molecular formula is C25H30O4. The van der Waals surface area contributed by atoms with Gasteiger partial charge in [-0.2, -0.15) is 0 Å². The summed E-state index contributed by atoms with van der Waals surface area (Å²) in [6.07, 6.45) is 7.64. The van der Waals surface area contributed by atoms with E-state index in [4.69, 9.17) is 5.11 Å². The minimum Gasteiger partial charge on any atom is -0.478 e. The largest absolute Gasteiger partial charge is 0.478 e. The first-order valence-electron chi connectivity index (χ1n) is 9.97. The van der Waals surface area contributed by atoms with Crippen LogP contribution in [0.4, 0.5) is 0 Å². The second-order valence-electron chi connectivity index (χ2n) is 8.21. The van der Waals surface area contributed by atoms with Gasteiger partial charge in [0.2, 0.25) is 0 Å². The molecule has 4 nitrogen and oxygen atoms in total. The first-order valence-corrected chi connectivity index (χ1v) is 9.97. The maximum absolute atomic E-state index is 12.7. The number of rotatable bonds is 6. The molecule has 0 fully saturated rings. The Balaban J connectivity index is 2.67. The molecule has 154 valence electrons. The number of benzene rings is 1. The van der Waals surface area contributed by atoms with E-state index in [0.29, 0.717) is 6.42 Å². The highest BCUT2D eigenvalue weighted by Gasteiger charge is 2.32. The first-order chi connectivity index (χ1) is 13.5. The van der Waals surface area contributed by atoms with Crippen LogP contribution < -0.4 is 0 Å². The van der Waals surface area contributed by atoms with Crippen molar-refractivity contribution in [3.8, 4) is 0 Å². The smallest absolute Gasteiger partial charge is 0.328 e. The zero-order valence-corrected chi connectivity index (χ0v) is 18.1. The number of carbonyl (C=O) groups is 3. The third-order valence-electron chi connectivity index (χ3n) is 5.44. The van der Waals surface area contributed by atoms with Crippen molar-refractivity contribution >= 4 is 23.6 Å². The number of allylic oxidation sites excluding steroid dienone is 4. The maximum Gasteiger partial charge on any atom is 0.328 e. The van der Waals surface area contributed by atoms with Gasteiger partial charge >= 0.3 is 5.97 Å². The van der Waals surface area contributed by atoms with Crippen molar-refractivity contribution in [2.75, 3.05) is 0 Å². The molecule has 0 spiro atoms. The minimum absolute atomic E-state index is 0.00298. The molecule has 0 unspecified atom stereocenters. The quantitative estimate of drug-likeness (QED) is 0.545. The molecule has 0 radical (unpaired) electrons. The molecule has 0 bridgehead atoms. The van der Waals surface area contributed by atoms with E-state index >= 15 is 0 Å². The van der Waals surface area contributed by atoms with Crippen molar-refractivity contribution in [1.29, 1.82) is 0 Å². The van der Waals surface area contributed by atoms with Gasteiger partial charge in [-0.25, -0.2) is 4.79 Å². The number of carbonyl (C=O) groups excluding carboxylic acids is 2. The lowest BCUT2D eigenvalue weighted by atomic mass is 9.73. The van der Waals surface area contributed by atoms with Crippen LogP contribution in [0.3, 0.4) is 0 Å². The van der Waals surface area contributed by atoms with Crippen LogP contribution in [0.25, 0.3) is 6.08 Å². The summed E-state index contributed by atoms with van der Waals surface area (Å²) in [6, 6.07) is 2.14. The number of Topliss-reactive ketones (excluding diaryl/α,β-unsaturated/α-hetero) is 2. The Morgan fingerprint density at radius 1 is 1.14 bits per heavy atom. The average Bonchev–Trinajstić information content (AvgIpc) is 2.60. The molecule has 0 heterocycles. The second kappa shape index (κ2) is 9.17. The summed E-state index contributed by atoms with van der Waals surface area (Å²) < 4.78 is 0. The highest BCUT2D eigenvalue weighted by atomic mass is 16.4. The molecule has 29 heavy (non-hydrogen) atoms. The Bertz CT molecular complexity index is 944. The van der Waals surface area contributed by atoms with Crippen molar-refractivity contribution in [3.05, 3.63) is 63.3 Å². The number of carboxylic acids is 1. The van der Waals surface area contributed by atoms with Gasteiger partial charge in [-0.05, 0) is 61.9 Å². The fourth-order valence-electron chi connectivity index (χ4n) is 4.18. The molecule has 1 aliphatic rings. The number of fused-ring (bicyclic) bond motifs is 1. The van der Waals surface area contributed by atoms with Crippen LogP contribution in [0, 0.1) is 12.8 Å². The van der Waals surface area contributed by atoms with Gasteiger partial charge in [-0.3, -0.25) is 9.59 Å². The van der Waals surface area contributed by atoms with Crippen LogP contribution in [0.1, 0.15) is 68.4 Å². The van der Waals surface area contributed by atoms with Gasteiger partial charge in [0.1, 0.15) is 11.6 Å². The lowest BCUT2D eigenvalue weighted by Gasteiger charge is -2.30. The number of aliphatic carboxylic acids is 1. The Hall–Kier alpha value is -2.75. The van der Waals surface area contributed by atoms with Gasteiger partial charge in [-0.15, -0.1) is 0 Å². The summed E-state index contributed by atoms with van der Waals surface area (Å²) in [4.78, 5) is 35.4. The van der Waals surface area contributed by atoms with Crippen LogP contribution in [0.5, 0.6) is 0 Å². The zero-order valence-electron chi connectivity index (χ0n) is 18.1. The molecule has 0 aliphatic heterocycles. The third kappa shape index (κ3) is 5.41. The summed E-state index contributed by atoms with van der Waals surface area (Å²) in [6.45, 7) is 11.3. The Labute approximate surface area is 173 Å². The van der Waals surface area contributed by atoms with Crippen molar-refractivity contribution in [3.63, 3.8) is 0 Å². The lowest BCUT2D eigenvalue weighted by molar-refractivity contribution is -0.131. The van der Waals surface area contributed by atoms with Gasteiger partial charge in [-0.1, -0.05) is 49.3 Å². The SMILES string of the molecule is CC(=O)Cc1c(C)cc2c(c1/C=C(C)/C=C(C)/C=C/C(=O)O)[C@@H](C)C(=O)[C@@H](C)C2. The molecule has 2 atom stereocenters. The van der Waals surface area contributed by atoms with E-state index in [0.717, 1.165) is 45.9 Å². The van der Waals surface area contributed by atoms with E-state index in [1.807, 2.05) is 46.8 Å². The molecule has 0 aromatic heterocycles. The number of aryl methyl sites for hydroxylation is 1. The van der Waals surface area contributed by atoms with Gasteiger partial charge in [0.25, 0.3) is 0 Å². The molecule has 4 heteroatoms. The molecule has 1 N–H and O–H groups in total. The molecule has 1 aromatic rings. The predicted octanol–water partition coefficient (Wildman–Crippen LogP) is 4.98. The molecule has 0 saturated heterocycles. The van der Waals surface area contributed by atoms with E-state index in [9.17, 15) is 14.4 Å². The summed E-state index contributed by atoms with van der Waals surface area (Å²) in [5, 5.41) is 8.80. The average molecular weight is 395 g/mol. The summed E-state index contributed by atoms with van der Waals surface area (Å²) in [7, 11) is 0. The number of carboxylic acid groups (broad SMARTS) is 1. The van der Waals surface area contributed by atoms with Crippen molar-refractivity contribution in [1.82, 2.24) is 0 Å². The second-order valence-corrected chi connectivity index (χ2v) is 8.21. The predicted molar refractivity (Wildman–Crippen MR) is 116 cm³/mol. The highest BCUT2D eigenvalue weighted by Crippen LogP contribution is 2.38. The highest BCUT2D eigenvalue weighted by molar-refractivity contribution is 5.92. The molecule has 1 aliphatic carbocycles. The number of hydrogen-bond donors (Lipinski definition) is 1. The molecule has 0 amide bonds. The summed E-state index contributed by atoms with van der Waals surface area (Å²) in [5.74, 6) is -0.886. The van der Waals surface area contributed by atoms with Crippen LogP contribution in [0.2, 0.25) is 0 Å². The Morgan fingerprint density at radius 3 is 2.38 bits per heavy atom. The van der Waals surface area contributed by atoms with Crippen molar-refractivity contribution < 1.29 is 19.5 Å². The molecular weight excluding hydrogens is 364 g/mol. The molecule has 2 rings (SSSR count). The van der Waals surface area contributed by atoms with E-state index in [-0.39, 0.29) is 23.4 Å². The summed E-state index contributed by atoms with van der Waals surface area (Å²) >= 11 is 0. The van der Waals surface area contributed by atoms with E-state index in [1.54, 1.807) is 13.0 Å². The summed E-state index contributed by atoms with van der Waals surface area (Å²) in [5.41, 5.74) is 6.96. The maximum atomic E-state index is 12.7. The van der Waals surface area contributed by atoms with Crippen molar-refractivity contribution in [2.45, 2.75) is 60.3 Å². The molecule has 1 aromatic carbocycles. The van der Waals surface area contributed by atoms with Gasteiger partial charge in [0, 0.05) is 24.3 Å². The van der Waals surface area contributed by atoms with Crippen LogP contribution >= 0.6 is 0 Å². The first kappa shape index (κ1) is 22.5. The normalized spacial score (nSPS) is 20.1. The number of hydrogen-bond acceptors (Lipinski definition) is 3. The number of ketones is 2. The van der Waals surface area contributed by atoms with Crippen LogP contribution in [-0.2, 0) is 27.2 Å². The molecule has 0 saturated carbocycles. The minimum atomic E-state index is -0.989. The van der Waals surface area contributed by atoms with E-state index in [1.165, 1.54) is 5.56 Å². The fourth-order valence-corrected chi connectivity index (χ4v) is 4.18. The fraction of sp³-hybridized carbons (Fsp3) is 0.400. The van der Waals surface area contributed by atoms with Crippen LogP contribution in [-0.4, -0.2) is 22.6 Å². The monoisotopic (exact) mass is 394 g/mol. The van der Waals surface area contributed by atoms with Crippen molar-refractivity contribution in [2.24, 2.45) is 5.92 Å². The van der Waals surface area contributed by atoms with Crippen LogP contribution in [0.15, 0.2) is 35.4 Å². The van der Waals surface area contributed by atoms with Gasteiger partial charge in [0.15, 0.2) is 0 Å². The lowest BCUT2D eigenvalue weighted by Crippen LogP contribution is -2.28. The van der Waals surface area contributed by atoms with Gasteiger partial charge < -0.3 is 5.11 Å². The standard InChI is InChI=1S/C25H30O4/c1-14(7-8-23(27)28)9-15(2)10-22-21(13-18(5)26)16(3)11-20-12-17(4)25(29)19(6)24(20)22/h7-11,17,19H,12-13H2,1-6H3,(H,27,28)/b8-7+,14-9+,15-10+/t17-,19+/m0/s1. The van der Waals surface area contributed by atoms with E-state index < -0.39 is 5.97 Å². The third-order valence-corrected chi connectivity index (χ3v) is 5.44. The van der Waals surface area contributed by atoms with Gasteiger partial charge in [0.05, 0.1) is 0 Å². The zero-order chi connectivity index (χ0) is 21.9. The van der Waals surface area contributed by atoms with E-state index in [2.05, 4.69) is 6.07 Å². The topological polar surface area (TPSA) is 71.4 Å². The Morgan fingerprint density at radius 2 is 1.79 bits per heavy atom. The Kier molecular flexibility index (Phi) is 7.12.